The van der Waals surface area contributed by atoms with E-state index >= 15 is 0 Å². The van der Waals surface area contributed by atoms with Crippen molar-refractivity contribution in [2.45, 2.75) is 39.2 Å². The quantitative estimate of drug-likeness (QED) is 0.804. The van der Waals surface area contributed by atoms with Crippen LogP contribution in [0.1, 0.15) is 43.6 Å². The monoisotopic (exact) mass is 249 g/mol. The molecule has 1 aliphatic heterocycles. The van der Waals surface area contributed by atoms with Crippen molar-refractivity contribution in [3.05, 3.63) is 28.8 Å². The zero-order valence-corrected chi connectivity index (χ0v) is 11.7. The van der Waals surface area contributed by atoms with Gasteiger partial charge in [0.15, 0.2) is 0 Å². The zero-order chi connectivity index (χ0) is 13.3. The molecule has 1 atom stereocenters. The van der Waals surface area contributed by atoms with E-state index in [2.05, 4.69) is 32.2 Å². The van der Waals surface area contributed by atoms with Crippen molar-refractivity contribution >= 4 is 0 Å². The van der Waals surface area contributed by atoms with Gasteiger partial charge in [0.25, 0.3) is 0 Å². The summed E-state index contributed by atoms with van der Waals surface area (Å²) >= 11 is 0. The van der Waals surface area contributed by atoms with Crippen molar-refractivity contribution in [1.29, 1.82) is 0 Å². The van der Waals surface area contributed by atoms with Crippen LogP contribution < -0.4 is 5.32 Å². The number of phenolic OH excluding ortho intramolecular Hbond substituents is 1. The summed E-state index contributed by atoms with van der Waals surface area (Å²) in [5.41, 5.74) is 3.01. The first-order valence-electron chi connectivity index (χ1n) is 6.56. The summed E-state index contributed by atoms with van der Waals surface area (Å²) < 4.78 is 5.78. The minimum Gasteiger partial charge on any atom is -0.507 e. The number of benzene rings is 1. The van der Waals surface area contributed by atoms with E-state index < -0.39 is 0 Å². The molecule has 1 aliphatic rings. The van der Waals surface area contributed by atoms with Crippen molar-refractivity contribution in [1.82, 2.24) is 5.32 Å². The lowest BCUT2D eigenvalue weighted by Crippen LogP contribution is -2.33. The highest BCUT2D eigenvalue weighted by atomic mass is 16.5. The SMILES string of the molecule is Cc1cc(C2CNCCO2)cc(C(C)(C)C)c1O. The molecular formula is C15H23NO2. The Kier molecular flexibility index (Phi) is 3.64. The van der Waals surface area contributed by atoms with Crippen LogP contribution in [0.3, 0.4) is 0 Å². The minimum atomic E-state index is -0.0626. The van der Waals surface area contributed by atoms with Gasteiger partial charge >= 0.3 is 0 Å². The van der Waals surface area contributed by atoms with E-state index in [-0.39, 0.29) is 11.5 Å². The van der Waals surface area contributed by atoms with Crippen LogP contribution in [-0.2, 0) is 10.2 Å². The second kappa shape index (κ2) is 4.90. The number of morpholine rings is 1. The van der Waals surface area contributed by atoms with Crippen molar-refractivity contribution < 1.29 is 9.84 Å². The number of rotatable bonds is 1. The predicted octanol–water partition coefficient (Wildman–Crippen LogP) is 2.66. The highest BCUT2D eigenvalue weighted by Crippen LogP contribution is 2.36. The fraction of sp³-hybridized carbons (Fsp3) is 0.600. The molecule has 0 spiro atoms. The number of nitrogens with one attached hydrogen (secondary N) is 1. The van der Waals surface area contributed by atoms with E-state index in [4.69, 9.17) is 4.74 Å². The van der Waals surface area contributed by atoms with E-state index in [1.807, 2.05) is 13.0 Å². The van der Waals surface area contributed by atoms with Gasteiger partial charge in [-0.15, -0.1) is 0 Å². The van der Waals surface area contributed by atoms with Gasteiger partial charge in [0, 0.05) is 13.1 Å². The van der Waals surface area contributed by atoms with Crippen LogP contribution in [0.4, 0.5) is 0 Å². The Morgan fingerprint density at radius 1 is 1.33 bits per heavy atom. The van der Waals surface area contributed by atoms with Gasteiger partial charge < -0.3 is 15.2 Å². The first kappa shape index (κ1) is 13.4. The van der Waals surface area contributed by atoms with Crippen molar-refractivity contribution in [2.24, 2.45) is 0 Å². The van der Waals surface area contributed by atoms with E-state index in [0.29, 0.717) is 5.75 Å². The maximum Gasteiger partial charge on any atom is 0.122 e. The Labute approximate surface area is 109 Å². The Balaban J connectivity index is 2.40. The molecule has 0 aliphatic carbocycles. The normalized spacial score (nSPS) is 21.0. The lowest BCUT2D eigenvalue weighted by Gasteiger charge is -2.27. The number of hydrogen-bond donors (Lipinski definition) is 2. The largest absolute Gasteiger partial charge is 0.507 e. The lowest BCUT2D eigenvalue weighted by atomic mass is 9.83. The summed E-state index contributed by atoms with van der Waals surface area (Å²) in [4.78, 5) is 0. The Bertz CT molecular complexity index is 429. The summed E-state index contributed by atoms with van der Waals surface area (Å²) in [6.07, 6.45) is 0.0964. The molecule has 1 aromatic carbocycles. The van der Waals surface area contributed by atoms with E-state index in [1.165, 1.54) is 0 Å². The van der Waals surface area contributed by atoms with Gasteiger partial charge in [-0.25, -0.2) is 0 Å². The average molecular weight is 249 g/mol. The van der Waals surface area contributed by atoms with Crippen LogP contribution >= 0.6 is 0 Å². The van der Waals surface area contributed by atoms with Crippen LogP contribution in [0, 0.1) is 6.92 Å². The molecule has 1 unspecified atom stereocenters. The molecule has 0 amide bonds. The molecule has 1 aromatic rings. The van der Waals surface area contributed by atoms with Crippen molar-refractivity contribution in [3.8, 4) is 5.75 Å². The first-order chi connectivity index (χ1) is 8.39. The fourth-order valence-corrected chi connectivity index (χ4v) is 2.34. The third-order valence-corrected chi connectivity index (χ3v) is 3.43. The van der Waals surface area contributed by atoms with E-state index in [1.54, 1.807) is 0 Å². The molecule has 0 bridgehead atoms. The van der Waals surface area contributed by atoms with Gasteiger partial charge in [0.2, 0.25) is 0 Å². The predicted molar refractivity (Wildman–Crippen MR) is 73.1 cm³/mol. The molecule has 1 saturated heterocycles. The molecule has 1 heterocycles. The van der Waals surface area contributed by atoms with Gasteiger partial charge in [0.05, 0.1) is 12.7 Å². The van der Waals surface area contributed by atoms with Crippen LogP contribution in [0.15, 0.2) is 12.1 Å². The smallest absolute Gasteiger partial charge is 0.122 e. The number of ether oxygens (including phenoxy) is 1. The van der Waals surface area contributed by atoms with Gasteiger partial charge in [-0.1, -0.05) is 20.8 Å². The zero-order valence-electron chi connectivity index (χ0n) is 11.7. The van der Waals surface area contributed by atoms with Gasteiger partial charge in [-0.2, -0.15) is 0 Å². The van der Waals surface area contributed by atoms with E-state index in [0.717, 1.165) is 36.4 Å². The molecule has 0 aromatic heterocycles. The third-order valence-electron chi connectivity index (χ3n) is 3.43. The van der Waals surface area contributed by atoms with Crippen molar-refractivity contribution in [3.63, 3.8) is 0 Å². The Hall–Kier alpha value is -1.06. The summed E-state index contributed by atoms with van der Waals surface area (Å²) in [6, 6.07) is 4.11. The van der Waals surface area contributed by atoms with Crippen molar-refractivity contribution in [2.75, 3.05) is 19.7 Å². The highest BCUT2D eigenvalue weighted by molar-refractivity contribution is 5.47. The topological polar surface area (TPSA) is 41.5 Å². The van der Waals surface area contributed by atoms with Gasteiger partial charge in [-0.3, -0.25) is 0 Å². The summed E-state index contributed by atoms with van der Waals surface area (Å²) in [5, 5.41) is 13.5. The number of aromatic hydroxyl groups is 1. The lowest BCUT2D eigenvalue weighted by molar-refractivity contribution is 0.0275. The van der Waals surface area contributed by atoms with Gasteiger partial charge in [-0.05, 0) is 41.2 Å². The minimum absolute atomic E-state index is 0.0626. The maximum atomic E-state index is 10.2. The van der Waals surface area contributed by atoms with Crippen LogP contribution in [0.25, 0.3) is 0 Å². The molecule has 3 nitrogen and oxygen atoms in total. The Morgan fingerprint density at radius 2 is 2.06 bits per heavy atom. The number of hydrogen-bond acceptors (Lipinski definition) is 3. The molecule has 1 fully saturated rings. The number of phenols is 1. The van der Waals surface area contributed by atoms with Gasteiger partial charge in [0.1, 0.15) is 5.75 Å². The third kappa shape index (κ3) is 2.68. The standard InChI is InChI=1S/C15H23NO2/c1-10-7-11(13-9-16-5-6-18-13)8-12(14(10)17)15(2,3)4/h7-8,13,16-17H,5-6,9H2,1-4H3. The molecule has 18 heavy (non-hydrogen) atoms. The highest BCUT2D eigenvalue weighted by Gasteiger charge is 2.23. The molecule has 0 saturated carbocycles. The fourth-order valence-electron chi connectivity index (χ4n) is 2.34. The second-order valence-electron chi connectivity index (χ2n) is 6.05. The molecular weight excluding hydrogens is 226 g/mol. The summed E-state index contributed by atoms with van der Waals surface area (Å²) in [7, 11) is 0. The Morgan fingerprint density at radius 3 is 2.61 bits per heavy atom. The van der Waals surface area contributed by atoms with Crippen LogP contribution in [0.2, 0.25) is 0 Å². The first-order valence-corrected chi connectivity index (χ1v) is 6.56. The molecule has 3 heteroatoms. The van der Waals surface area contributed by atoms with Crippen LogP contribution in [-0.4, -0.2) is 24.8 Å². The van der Waals surface area contributed by atoms with E-state index in [9.17, 15) is 5.11 Å². The molecule has 0 radical (unpaired) electrons. The maximum absolute atomic E-state index is 10.2. The summed E-state index contributed by atoms with van der Waals surface area (Å²) in [6.45, 7) is 10.8. The molecule has 2 rings (SSSR count). The molecule has 100 valence electrons. The summed E-state index contributed by atoms with van der Waals surface area (Å²) in [5.74, 6) is 0.412. The number of aryl methyl sites for hydroxylation is 1. The second-order valence-corrected chi connectivity index (χ2v) is 6.05. The van der Waals surface area contributed by atoms with Crippen LogP contribution in [0.5, 0.6) is 5.75 Å². The molecule has 2 N–H and O–H groups in total. The average Bonchev–Trinajstić information content (AvgIpc) is 2.32.